The zero-order chi connectivity index (χ0) is 35.2. The number of ether oxygens (including phenoxy) is 2. The molecule has 0 unspecified atom stereocenters. The van der Waals surface area contributed by atoms with Crippen LogP contribution >= 0.6 is 0 Å². The van der Waals surface area contributed by atoms with Crippen LogP contribution < -0.4 is 10.9 Å². The Morgan fingerprint density at radius 1 is 0.714 bits per heavy atom. The predicted molar refractivity (Wildman–Crippen MR) is 163 cm³/mol. The summed E-state index contributed by atoms with van der Waals surface area (Å²) in [5.74, 6) is -5.01. The lowest BCUT2D eigenvalue weighted by Crippen LogP contribution is -2.59. The molecule has 1 aliphatic heterocycles. The minimum absolute atomic E-state index is 0.0315. The monoisotopic (exact) mass is 684 g/mol. The number of benzene rings is 3. The zero-order valence-corrected chi connectivity index (χ0v) is 24.8. The fraction of sp³-hybridized carbons (Fsp3) is 0.312. The second kappa shape index (κ2) is 11.5. The summed E-state index contributed by atoms with van der Waals surface area (Å²) in [7, 11) is 0. The van der Waals surface area contributed by atoms with E-state index < -0.39 is 133 Å². The molecule has 5 aromatic rings. The minimum atomic E-state index is -1.83. The van der Waals surface area contributed by atoms with Gasteiger partial charge in [0.05, 0.1) is 23.8 Å². The number of phenols is 6. The van der Waals surface area contributed by atoms with Crippen LogP contribution in [0.15, 0.2) is 42.7 Å². The van der Waals surface area contributed by atoms with Crippen LogP contribution in [0.5, 0.6) is 34.5 Å². The Labute approximate surface area is 271 Å². The van der Waals surface area contributed by atoms with E-state index in [0.717, 1.165) is 24.3 Å². The van der Waals surface area contributed by atoms with Gasteiger partial charge in [0.2, 0.25) is 10.9 Å². The molecule has 7 atom stereocenters. The Kier molecular flexibility index (Phi) is 7.60. The zero-order valence-electron chi connectivity index (χ0n) is 24.8. The van der Waals surface area contributed by atoms with Gasteiger partial charge in [0.1, 0.15) is 92.4 Å². The van der Waals surface area contributed by atoms with E-state index in [-0.39, 0.29) is 29.7 Å². The Bertz CT molecular complexity index is 2290. The molecule has 3 aromatic carbocycles. The molecule has 0 spiro atoms. The Morgan fingerprint density at radius 2 is 1.43 bits per heavy atom. The molecule has 0 radical (unpaired) electrons. The number of aromatic hydroxyl groups is 6. The van der Waals surface area contributed by atoms with Gasteiger partial charge in [-0.25, -0.2) is 0 Å². The van der Waals surface area contributed by atoms with Gasteiger partial charge in [-0.2, -0.15) is 0 Å². The first kappa shape index (κ1) is 32.4. The normalized spacial score (nSPS) is 25.6. The number of aliphatic hydroxyl groups is 5. The van der Waals surface area contributed by atoms with E-state index in [1.165, 1.54) is 0 Å². The molecule has 2 aromatic heterocycles. The maximum absolute atomic E-state index is 14.1. The summed E-state index contributed by atoms with van der Waals surface area (Å²) in [5.41, 5.74) is -4.92. The van der Waals surface area contributed by atoms with Crippen LogP contribution in [0.3, 0.4) is 0 Å². The quantitative estimate of drug-likeness (QED) is 0.0914. The lowest BCUT2D eigenvalue weighted by atomic mass is 9.89. The first-order valence-electron chi connectivity index (χ1n) is 14.8. The summed E-state index contributed by atoms with van der Waals surface area (Å²) in [6.07, 6.45) is -11.1. The van der Waals surface area contributed by atoms with Crippen molar-refractivity contribution in [2.24, 2.45) is 0 Å². The molecule has 1 fully saturated rings. The third-order valence-corrected chi connectivity index (χ3v) is 8.91. The molecule has 17 heteroatoms. The number of fused-ring (bicyclic) bond motifs is 4. The van der Waals surface area contributed by atoms with Crippen molar-refractivity contribution in [1.82, 2.24) is 0 Å². The van der Waals surface area contributed by atoms with E-state index in [1.54, 1.807) is 0 Å². The Hall–Kier alpha value is -5.14. The van der Waals surface area contributed by atoms with Gasteiger partial charge in [-0.1, -0.05) is 0 Å². The third kappa shape index (κ3) is 4.82. The van der Waals surface area contributed by atoms with Crippen molar-refractivity contribution in [3.63, 3.8) is 0 Å². The van der Waals surface area contributed by atoms with Gasteiger partial charge in [0.25, 0.3) is 0 Å². The van der Waals surface area contributed by atoms with E-state index >= 15 is 0 Å². The minimum Gasteiger partial charge on any atom is -0.508 e. The summed E-state index contributed by atoms with van der Waals surface area (Å²) in [4.78, 5) is 27.5. The smallest absolute Gasteiger partial charge is 0.208 e. The first-order valence-corrected chi connectivity index (χ1v) is 14.8. The van der Waals surface area contributed by atoms with Gasteiger partial charge >= 0.3 is 0 Å². The molecule has 1 saturated heterocycles. The van der Waals surface area contributed by atoms with Gasteiger partial charge in [-0.15, -0.1) is 0 Å². The first-order chi connectivity index (χ1) is 23.2. The highest BCUT2D eigenvalue weighted by Crippen LogP contribution is 2.50. The average Bonchev–Trinajstić information content (AvgIpc) is 3.04. The summed E-state index contributed by atoms with van der Waals surface area (Å²) in [5, 5.41) is 114. The largest absolute Gasteiger partial charge is 0.508 e. The van der Waals surface area contributed by atoms with Crippen LogP contribution in [0, 0.1) is 0 Å². The van der Waals surface area contributed by atoms with Crippen LogP contribution in [0.2, 0.25) is 0 Å². The molecule has 258 valence electrons. The summed E-state index contributed by atoms with van der Waals surface area (Å²) < 4.78 is 22.5. The topological polar surface area (TPSA) is 301 Å². The standard InChI is InChI=1S/C32H28O17/c33-7-17-24(40)28(44)29(45)32(49-17)48-14-2-1-10(35)30-21(14)27(43)20-16(47-30)6-12(37)18(25(20)41)9-5-13(38)31-22(23(9)39)26(42)19-11(36)3-8(34)4-15(19)46-31/h3-6,10,14,17,24,28-29,32-41,44-45H,1-2,7H2/t10-,14+,17-,24-,28+,29-,32-/m1/s1. The van der Waals surface area contributed by atoms with Crippen molar-refractivity contribution in [2.75, 3.05) is 6.61 Å². The molecule has 0 amide bonds. The molecule has 3 heterocycles. The molecular weight excluding hydrogens is 656 g/mol. The Balaban J connectivity index is 1.41. The van der Waals surface area contributed by atoms with Crippen molar-refractivity contribution < 1.29 is 74.5 Å². The highest BCUT2D eigenvalue weighted by molar-refractivity contribution is 6.05. The van der Waals surface area contributed by atoms with Gasteiger partial charge in [0.15, 0.2) is 17.6 Å². The number of hydrogen-bond donors (Lipinski definition) is 11. The fourth-order valence-corrected chi connectivity index (χ4v) is 6.51. The van der Waals surface area contributed by atoms with Crippen LogP contribution in [0.4, 0.5) is 0 Å². The highest BCUT2D eigenvalue weighted by atomic mass is 16.7. The average molecular weight is 685 g/mol. The second-order valence-electron chi connectivity index (χ2n) is 11.9. The third-order valence-electron chi connectivity index (χ3n) is 8.91. The van der Waals surface area contributed by atoms with Crippen molar-refractivity contribution in [2.45, 2.75) is 55.8 Å². The van der Waals surface area contributed by atoms with Gasteiger partial charge in [-0.3, -0.25) is 9.59 Å². The van der Waals surface area contributed by atoms with Gasteiger partial charge < -0.3 is 74.5 Å². The number of phenolic OH excluding ortho intramolecular Hbond substituents is 6. The molecule has 11 N–H and O–H groups in total. The number of aliphatic hydroxyl groups excluding tert-OH is 5. The van der Waals surface area contributed by atoms with Gasteiger partial charge in [-0.05, 0) is 18.9 Å². The van der Waals surface area contributed by atoms with E-state index in [1.807, 2.05) is 0 Å². The second-order valence-corrected chi connectivity index (χ2v) is 11.9. The van der Waals surface area contributed by atoms with Gasteiger partial charge in [0, 0.05) is 23.8 Å². The molecule has 7 rings (SSSR count). The van der Waals surface area contributed by atoms with E-state index in [4.69, 9.17) is 18.3 Å². The molecule has 17 nitrogen and oxygen atoms in total. The van der Waals surface area contributed by atoms with E-state index in [2.05, 4.69) is 0 Å². The SMILES string of the molecule is O=c1c2c(oc3cc(O)c(-c4cc(O)c5oc6cc(O)cc(O)c6c(=O)c5c4O)c(O)c13)[C@H](O)CC[C@@H]2O[C@@H]1O[C@H](CO)[C@@H](O)[C@H](O)[C@H]1O. The number of rotatable bonds is 4. The Morgan fingerprint density at radius 3 is 2.14 bits per heavy atom. The molecule has 2 aliphatic rings. The van der Waals surface area contributed by atoms with Crippen molar-refractivity contribution in [1.29, 1.82) is 0 Å². The molecule has 0 saturated carbocycles. The predicted octanol–water partition coefficient (Wildman–Crippen LogP) is 0.638. The molecule has 0 bridgehead atoms. The van der Waals surface area contributed by atoms with Crippen LogP contribution in [-0.4, -0.2) is 93.5 Å². The fourth-order valence-electron chi connectivity index (χ4n) is 6.51. The summed E-state index contributed by atoms with van der Waals surface area (Å²) >= 11 is 0. The summed E-state index contributed by atoms with van der Waals surface area (Å²) in [6, 6.07) is 3.55. The maximum Gasteiger partial charge on any atom is 0.208 e. The lowest BCUT2D eigenvalue weighted by molar-refractivity contribution is -0.314. The lowest BCUT2D eigenvalue weighted by Gasteiger charge is -2.41. The highest BCUT2D eigenvalue weighted by Gasteiger charge is 2.46. The van der Waals surface area contributed by atoms with E-state index in [9.17, 15) is 65.8 Å². The van der Waals surface area contributed by atoms with Crippen LogP contribution in [0.1, 0.15) is 36.4 Å². The molecular formula is C32H28O17. The van der Waals surface area contributed by atoms with Crippen molar-refractivity contribution >= 4 is 32.9 Å². The maximum atomic E-state index is 14.1. The van der Waals surface area contributed by atoms with Crippen LogP contribution in [0.25, 0.3) is 44.0 Å². The summed E-state index contributed by atoms with van der Waals surface area (Å²) in [6.45, 7) is -0.752. The van der Waals surface area contributed by atoms with Crippen LogP contribution in [-0.2, 0) is 9.47 Å². The van der Waals surface area contributed by atoms with Crippen molar-refractivity contribution in [3.05, 3.63) is 56.0 Å². The molecule has 49 heavy (non-hydrogen) atoms. The van der Waals surface area contributed by atoms with Crippen molar-refractivity contribution in [3.8, 4) is 45.6 Å². The molecule has 1 aliphatic carbocycles. The van der Waals surface area contributed by atoms with E-state index in [0.29, 0.717) is 0 Å². The number of hydrogen-bond acceptors (Lipinski definition) is 17.